The molecule has 0 N–H and O–H groups in total. The molecule has 0 bridgehead atoms. The molecule has 92 valence electrons. The Hall–Kier alpha value is 0.190. The van der Waals surface area contributed by atoms with E-state index >= 15 is 0 Å². The largest absolute Gasteiger partial charge is 0.330 e. The van der Waals surface area contributed by atoms with Gasteiger partial charge >= 0.3 is 0 Å². The van der Waals surface area contributed by atoms with E-state index in [9.17, 15) is 4.57 Å². The zero-order chi connectivity index (χ0) is 11.4. The maximum Gasteiger partial charge on any atom is 0.191 e. The summed E-state index contributed by atoms with van der Waals surface area (Å²) >= 11 is 0. The normalized spacial score (nSPS) is 12.9. The molecule has 0 aromatic rings. The third-order valence-electron chi connectivity index (χ3n) is 2.47. The summed E-state index contributed by atoms with van der Waals surface area (Å²) in [6, 6.07) is 0. The van der Waals surface area contributed by atoms with E-state index in [2.05, 4.69) is 6.92 Å². The predicted octanol–water partition coefficient (Wildman–Crippen LogP) is 4.64. The molecule has 0 rings (SSSR count). The van der Waals surface area contributed by atoms with Gasteiger partial charge in [-0.2, -0.15) is 0 Å². The molecule has 0 aliphatic heterocycles. The summed E-state index contributed by atoms with van der Waals surface area (Å²) in [5.41, 5.74) is 0. The minimum atomic E-state index is -1.69. The number of hydrogen-bond donors (Lipinski definition) is 0. The van der Waals surface area contributed by atoms with Gasteiger partial charge in [-0.1, -0.05) is 52.4 Å². The Balaban J connectivity index is 3.01. The van der Waals surface area contributed by atoms with Crippen LogP contribution in [0.15, 0.2) is 0 Å². The lowest BCUT2D eigenvalue weighted by molar-refractivity contribution is 0.315. The van der Waals surface area contributed by atoms with E-state index in [0.29, 0.717) is 6.61 Å². The summed E-state index contributed by atoms with van der Waals surface area (Å²) in [6.45, 7) is 4.98. The first-order valence-corrected chi connectivity index (χ1v) is 7.99. The van der Waals surface area contributed by atoms with Crippen molar-refractivity contribution < 1.29 is 9.09 Å². The minimum Gasteiger partial charge on any atom is -0.330 e. The van der Waals surface area contributed by atoms with E-state index in [-0.39, 0.29) is 0 Å². The molecule has 0 heterocycles. The predicted molar refractivity (Wildman–Crippen MR) is 68.1 cm³/mol. The fraction of sp³-hybridized carbons (Fsp3) is 1.00. The molecule has 0 aromatic heterocycles. The first-order chi connectivity index (χ1) is 7.31. The molecule has 0 radical (unpaired) electrons. The lowest BCUT2D eigenvalue weighted by Crippen LogP contribution is -1.89. The van der Waals surface area contributed by atoms with Crippen molar-refractivity contribution in [3.63, 3.8) is 0 Å². The Labute approximate surface area is 95.7 Å². The van der Waals surface area contributed by atoms with Gasteiger partial charge in [-0.05, 0) is 12.8 Å². The van der Waals surface area contributed by atoms with Crippen molar-refractivity contribution in [2.75, 3.05) is 12.8 Å². The molecule has 0 amide bonds. The van der Waals surface area contributed by atoms with Crippen molar-refractivity contribution in [1.29, 1.82) is 0 Å². The van der Waals surface area contributed by atoms with Crippen LogP contribution in [0.25, 0.3) is 0 Å². The van der Waals surface area contributed by atoms with Crippen LogP contribution in [-0.4, -0.2) is 12.8 Å². The maximum atomic E-state index is 11.2. The highest BCUT2D eigenvalue weighted by molar-refractivity contribution is 7.39. The highest BCUT2D eigenvalue weighted by atomic mass is 31.1. The van der Waals surface area contributed by atoms with Crippen LogP contribution >= 0.6 is 8.03 Å². The molecule has 3 heteroatoms. The molecule has 0 saturated carbocycles. The third-order valence-corrected chi connectivity index (χ3v) is 3.90. The van der Waals surface area contributed by atoms with Crippen LogP contribution in [0.5, 0.6) is 0 Å². The van der Waals surface area contributed by atoms with Gasteiger partial charge in [0.15, 0.2) is 8.03 Å². The van der Waals surface area contributed by atoms with Gasteiger partial charge in [-0.15, -0.1) is 0 Å². The summed E-state index contributed by atoms with van der Waals surface area (Å²) in [4.78, 5) is 0. The lowest BCUT2D eigenvalue weighted by Gasteiger charge is -2.03. The fourth-order valence-corrected chi connectivity index (χ4v) is 2.45. The van der Waals surface area contributed by atoms with Gasteiger partial charge in [0.05, 0.1) is 6.61 Å². The summed E-state index contributed by atoms with van der Waals surface area (Å²) < 4.78 is 16.4. The highest BCUT2D eigenvalue weighted by Crippen LogP contribution is 2.23. The van der Waals surface area contributed by atoms with Gasteiger partial charge in [0, 0.05) is 6.16 Å². The van der Waals surface area contributed by atoms with Crippen LogP contribution in [-0.2, 0) is 9.09 Å². The van der Waals surface area contributed by atoms with E-state index in [1.807, 2.05) is 6.92 Å². The van der Waals surface area contributed by atoms with Gasteiger partial charge in [-0.3, -0.25) is 4.57 Å². The van der Waals surface area contributed by atoms with Crippen molar-refractivity contribution in [2.24, 2.45) is 0 Å². The Morgan fingerprint density at radius 3 is 2.07 bits per heavy atom. The topological polar surface area (TPSA) is 26.3 Å². The molecule has 0 aliphatic rings. The van der Waals surface area contributed by atoms with Crippen LogP contribution < -0.4 is 0 Å². The summed E-state index contributed by atoms with van der Waals surface area (Å²) in [6.07, 6.45) is 10.7. The lowest BCUT2D eigenvalue weighted by atomic mass is 10.1. The summed E-state index contributed by atoms with van der Waals surface area (Å²) in [5.74, 6) is 0. The van der Waals surface area contributed by atoms with Crippen LogP contribution in [0, 0.1) is 0 Å². The van der Waals surface area contributed by atoms with Crippen molar-refractivity contribution in [3.8, 4) is 0 Å². The molecule has 0 aliphatic carbocycles. The molecular formula is C12H27O2P. The molecular weight excluding hydrogens is 207 g/mol. The Morgan fingerprint density at radius 1 is 0.867 bits per heavy atom. The van der Waals surface area contributed by atoms with Crippen LogP contribution in [0.2, 0.25) is 0 Å². The maximum absolute atomic E-state index is 11.2. The second kappa shape index (κ2) is 12.3. The van der Waals surface area contributed by atoms with E-state index in [4.69, 9.17) is 4.52 Å². The number of rotatable bonds is 11. The molecule has 1 atom stereocenters. The Morgan fingerprint density at radius 2 is 1.47 bits per heavy atom. The zero-order valence-corrected chi connectivity index (χ0v) is 11.4. The summed E-state index contributed by atoms with van der Waals surface area (Å²) in [7, 11) is -1.69. The molecule has 0 spiro atoms. The molecule has 2 nitrogen and oxygen atoms in total. The monoisotopic (exact) mass is 234 g/mol. The Kier molecular flexibility index (Phi) is 12.4. The molecule has 15 heavy (non-hydrogen) atoms. The minimum absolute atomic E-state index is 0.700. The zero-order valence-electron chi connectivity index (χ0n) is 10.4. The van der Waals surface area contributed by atoms with Crippen molar-refractivity contribution in [3.05, 3.63) is 0 Å². The van der Waals surface area contributed by atoms with E-state index in [0.717, 1.165) is 19.0 Å². The summed E-state index contributed by atoms with van der Waals surface area (Å²) in [5, 5.41) is 0. The molecule has 1 unspecified atom stereocenters. The Bertz CT molecular complexity index is 149. The van der Waals surface area contributed by atoms with E-state index in [1.165, 1.54) is 38.5 Å². The third kappa shape index (κ3) is 12.1. The van der Waals surface area contributed by atoms with Crippen molar-refractivity contribution in [2.45, 2.75) is 65.2 Å². The second-order valence-electron chi connectivity index (χ2n) is 4.09. The van der Waals surface area contributed by atoms with Gasteiger partial charge in [0.1, 0.15) is 0 Å². The molecule has 0 saturated heterocycles. The van der Waals surface area contributed by atoms with Crippen LogP contribution in [0.3, 0.4) is 0 Å². The second-order valence-corrected chi connectivity index (χ2v) is 5.62. The van der Waals surface area contributed by atoms with Gasteiger partial charge in [0.25, 0.3) is 0 Å². The first kappa shape index (κ1) is 15.2. The van der Waals surface area contributed by atoms with Crippen LogP contribution in [0.4, 0.5) is 0 Å². The molecule has 0 fully saturated rings. The highest BCUT2D eigenvalue weighted by Gasteiger charge is 1.97. The SMILES string of the molecule is CCCCCCCCCO[PH](=O)CCC. The quantitative estimate of drug-likeness (QED) is 0.384. The van der Waals surface area contributed by atoms with Gasteiger partial charge < -0.3 is 4.52 Å². The van der Waals surface area contributed by atoms with Gasteiger partial charge in [0.2, 0.25) is 0 Å². The van der Waals surface area contributed by atoms with E-state index < -0.39 is 8.03 Å². The number of hydrogen-bond acceptors (Lipinski definition) is 2. The average Bonchev–Trinajstić information content (AvgIpc) is 2.22. The fourth-order valence-electron chi connectivity index (χ4n) is 1.52. The average molecular weight is 234 g/mol. The van der Waals surface area contributed by atoms with E-state index in [1.54, 1.807) is 0 Å². The van der Waals surface area contributed by atoms with Gasteiger partial charge in [-0.25, -0.2) is 0 Å². The van der Waals surface area contributed by atoms with Crippen molar-refractivity contribution in [1.82, 2.24) is 0 Å². The molecule has 0 aromatic carbocycles. The van der Waals surface area contributed by atoms with Crippen molar-refractivity contribution >= 4 is 8.03 Å². The first-order valence-electron chi connectivity index (χ1n) is 6.46. The smallest absolute Gasteiger partial charge is 0.191 e. The van der Waals surface area contributed by atoms with Crippen LogP contribution in [0.1, 0.15) is 65.2 Å². The standard InChI is InChI=1S/C12H27O2P/c1-3-5-6-7-8-9-10-11-14-15(13)12-4-2/h15H,3-12H2,1-2H3. The number of unbranched alkanes of at least 4 members (excludes halogenated alkanes) is 6.